The van der Waals surface area contributed by atoms with E-state index in [1.54, 1.807) is 6.07 Å². The molecule has 1 N–H and O–H groups in total. The maximum absolute atomic E-state index is 6.19. The van der Waals surface area contributed by atoms with Gasteiger partial charge in [0.25, 0.3) is 0 Å². The summed E-state index contributed by atoms with van der Waals surface area (Å²) < 4.78 is 5.54. The number of ether oxygens (including phenoxy) is 1. The lowest BCUT2D eigenvalue weighted by Crippen LogP contribution is -2.00. The van der Waals surface area contributed by atoms with Gasteiger partial charge in [0.15, 0.2) is 0 Å². The zero-order chi connectivity index (χ0) is 15.2. The first-order chi connectivity index (χ1) is 10.1. The summed E-state index contributed by atoms with van der Waals surface area (Å²) in [6.07, 6.45) is 0.950. The Morgan fingerprint density at radius 1 is 1.00 bits per heavy atom. The van der Waals surface area contributed by atoms with E-state index >= 15 is 0 Å². The van der Waals surface area contributed by atoms with Crippen molar-refractivity contribution in [2.45, 2.75) is 19.9 Å². The number of anilines is 1. The highest BCUT2D eigenvalue weighted by Gasteiger charge is 2.04. The van der Waals surface area contributed by atoms with Crippen LogP contribution in [-0.4, -0.2) is 6.61 Å². The minimum atomic E-state index is 0.595. The summed E-state index contributed by atoms with van der Waals surface area (Å²) in [5.41, 5.74) is 1.93. The van der Waals surface area contributed by atoms with Gasteiger partial charge >= 0.3 is 0 Å². The van der Waals surface area contributed by atoms with Gasteiger partial charge in [-0.05, 0) is 48.4 Å². The molecule has 0 bridgehead atoms. The van der Waals surface area contributed by atoms with Crippen molar-refractivity contribution >= 4 is 40.5 Å². The fourth-order valence-electron chi connectivity index (χ4n) is 1.86. The van der Waals surface area contributed by atoms with Crippen LogP contribution < -0.4 is 10.1 Å². The van der Waals surface area contributed by atoms with Gasteiger partial charge < -0.3 is 10.1 Å². The van der Waals surface area contributed by atoms with Crippen LogP contribution in [0.3, 0.4) is 0 Å². The summed E-state index contributed by atoms with van der Waals surface area (Å²) in [6.45, 7) is 3.33. The van der Waals surface area contributed by atoms with Crippen LogP contribution in [0.1, 0.15) is 18.9 Å². The molecule has 0 aliphatic heterocycles. The monoisotopic (exact) mass is 343 g/mol. The van der Waals surface area contributed by atoms with Gasteiger partial charge in [-0.25, -0.2) is 0 Å². The van der Waals surface area contributed by atoms with Crippen molar-refractivity contribution in [3.63, 3.8) is 0 Å². The second-order valence-corrected chi connectivity index (χ2v) is 5.90. The molecule has 0 fully saturated rings. The number of benzene rings is 2. The molecule has 112 valence electrons. The number of rotatable bonds is 6. The summed E-state index contributed by atoms with van der Waals surface area (Å²) in [7, 11) is 0. The van der Waals surface area contributed by atoms with E-state index in [-0.39, 0.29) is 0 Å². The van der Waals surface area contributed by atoms with Crippen LogP contribution in [0.2, 0.25) is 15.1 Å². The predicted molar refractivity (Wildman–Crippen MR) is 91.0 cm³/mol. The Balaban J connectivity index is 2.01. The van der Waals surface area contributed by atoms with Crippen molar-refractivity contribution in [1.29, 1.82) is 0 Å². The lowest BCUT2D eigenvalue weighted by atomic mass is 10.2. The molecule has 0 aliphatic carbocycles. The molecule has 2 rings (SSSR count). The topological polar surface area (TPSA) is 21.3 Å². The highest BCUT2D eigenvalue weighted by molar-refractivity contribution is 6.34. The first-order valence-electron chi connectivity index (χ1n) is 6.69. The molecule has 2 nitrogen and oxygen atoms in total. The van der Waals surface area contributed by atoms with Crippen LogP contribution in [-0.2, 0) is 6.54 Å². The summed E-state index contributed by atoms with van der Waals surface area (Å²) in [4.78, 5) is 0. The van der Waals surface area contributed by atoms with Crippen molar-refractivity contribution in [3.8, 4) is 5.75 Å². The largest absolute Gasteiger partial charge is 0.492 e. The Morgan fingerprint density at radius 2 is 1.71 bits per heavy atom. The van der Waals surface area contributed by atoms with Gasteiger partial charge in [-0.3, -0.25) is 0 Å². The third-order valence-electron chi connectivity index (χ3n) is 2.81. The summed E-state index contributed by atoms with van der Waals surface area (Å²) in [5.74, 6) is 0.704. The third-order valence-corrected chi connectivity index (χ3v) is 3.54. The first-order valence-corrected chi connectivity index (χ1v) is 7.83. The van der Waals surface area contributed by atoms with Gasteiger partial charge in [0.1, 0.15) is 5.75 Å². The van der Waals surface area contributed by atoms with Gasteiger partial charge in [-0.15, -0.1) is 0 Å². The van der Waals surface area contributed by atoms with E-state index in [1.165, 1.54) is 0 Å². The van der Waals surface area contributed by atoms with E-state index in [9.17, 15) is 0 Å². The van der Waals surface area contributed by atoms with Crippen LogP contribution in [0, 0.1) is 0 Å². The molecule has 0 spiro atoms. The lowest BCUT2D eigenvalue weighted by Gasteiger charge is -2.11. The number of hydrogen-bond donors (Lipinski definition) is 1. The molecule has 0 radical (unpaired) electrons. The Kier molecular flexibility index (Phi) is 6.04. The fraction of sp³-hybridized carbons (Fsp3) is 0.250. The van der Waals surface area contributed by atoms with Gasteiger partial charge in [0.05, 0.1) is 11.6 Å². The Hall–Kier alpha value is -1.09. The maximum Gasteiger partial charge on any atom is 0.138 e. The molecule has 21 heavy (non-hydrogen) atoms. The molecule has 2 aromatic carbocycles. The standard InChI is InChI=1S/C16H16Cl3NO/c1-2-5-21-16-4-3-14(9-15(16)19)20-10-11-6-12(17)8-13(18)7-11/h3-4,6-9,20H,2,5,10H2,1H3. The zero-order valence-corrected chi connectivity index (χ0v) is 13.9. The molecule has 0 saturated heterocycles. The van der Waals surface area contributed by atoms with Crippen molar-refractivity contribution in [3.05, 3.63) is 57.0 Å². The fourth-order valence-corrected chi connectivity index (χ4v) is 2.66. The Bertz CT molecular complexity index is 596. The molecule has 2 aromatic rings. The highest BCUT2D eigenvalue weighted by atomic mass is 35.5. The average molecular weight is 345 g/mol. The SMILES string of the molecule is CCCOc1ccc(NCc2cc(Cl)cc(Cl)c2)cc1Cl. The van der Waals surface area contributed by atoms with Crippen molar-refractivity contribution in [2.75, 3.05) is 11.9 Å². The molecular formula is C16H16Cl3NO. The van der Waals surface area contributed by atoms with Crippen molar-refractivity contribution in [1.82, 2.24) is 0 Å². The number of nitrogens with one attached hydrogen (secondary N) is 1. The molecule has 0 unspecified atom stereocenters. The van der Waals surface area contributed by atoms with Crippen LogP contribution in [0.15, 0.2) is 36.4 Å². The highest BCUT2D eigenvalue weighted by Crippen LogP contribution is 2.28. The van der Waals surface area contributed by atoms with Crippen molar-refractivity contribution < 1.29 is 4.74 Å². The number of halogens is 3. The maximum atomic E-state index is 6.19. The smallest absolute Gasteiger partial charge is 0.138 e. The second kappa shape index (κ2) is 7.79. The van der Waals surface area contributed by atoms with Crippen molar-refractivity contribution in [2.24, 2.45) is 0 Å². The van der Waals surface area contributed by atoms with Gasteiger partial charge in [-0.1, -0.05) is 41.7 Å². The van der Waals surface area contributed by atoms with E-state index < -0.39 is 0 Å². The quantitative estimate of drug-likeness (QED) is 0.689. The molecule has 5 heteroatoms. The Morgan fingerprint density at radius 3 is 2.33 bits per heavy atom. The van der Waals surface area contributed by atoms with E-state index in [4.69, 9.17) is 39.5 Å². The molecule has 0 amide bonds. The lowest BCUT2D eigenvalue weighted by molar-refractivity contribution is 0.317. The van der Waals surface area contributed by atoms with Gasteiger partial charge in [-0.2, -0.15) is 0 Å². The number of hydrogen-bond acceptors (Lipinski definition) is 2. The minimum absolute atomic E-state index is 0.595. The van der Waals surface area contributed by atoms with E-state index in [0.29, 0.717) is 34.0 Å². The van der Waals surface area contributed by atoms with Crippen LogP contribution >= 0.6 is 34.8 Å². The molecule has 0 aromatic heterocycles. The molecule has 0 aliphatic rings. The summed E-state index contributed by atoms with van der Waals surface area (Å²) >= 11 is 18.1. The van der Waals surface area contributed by atoms with Gasteiger partial charge in [0, 0.05) is 22.3 Å². The third kappa shape index (κ3) is 4.99. The van der Waals surface area contributed by atoms with Crippen LogP contribution in [0.25, 0.3) is 0 Å². The normalized spacial score (nSPS) is 10.5. The molecule has 0 atom stereocenters. The summed E-state index contributed by atoms with van der Waals surface area (Å²) in [6, 6.07) is 11.1. The van der Waals surface area contributed by atoms with E-state index in [2.05, 4.69) is 12.2 Å². The van der Waals surface area contributed by atoms with Crippen LogP contribution in [0.4, 0.5) is 5.69 Å². The average Bonchev–Trinajstić information content (AvgIpc) is 2.43. The summed E-state index contributed by atoms with van der Waals surface area (Å²) in [5, 5.41) is 5.13. The van der Waals surface area contributed by atoms with Crippen LogP contribution in [0.5, 0.6) is 5.75 Å². The first kappa shape index (κ1) is 16.3. The molecular weight excluding hydrogens is 329 g/mol. The minimum Gasteiger partial charge on any atom is -0.492 e. The molecule has 0 heterocycles. The van der Waals surface area contributed by atoms with E-state index in [1.807, 2.05) is 30.3 Å². The zero-order valence-electron chi connectivity index (χ0n) is 11.6. The van der Waals surface area contributed by atoms with E-state index in [0.717, 1.165) is 17.7 Å². The van der Waals surface area contributed by atoms with Gasteiger partial charge in [0.2, 0.25) is 0 Å². The Labute approximate surface area is 140 Å². The predicted octanol–water partition coefficient (Wildman–Crippen LogP) is 6.05. The second-order valence-electron chi connectivity index (χ2n) is 4.62. The molecule has 0 saturated carbocycles.